The molecule has 2 fully saturated rings. The van der Waals surface area contributed by atoms with Gasteiger partial charge in [-0.2, -0.15) is 0 Å². The molecular formula is C20H28N2O5. The van der Waals surface area contributed by atoms with Crippen molar-refractivity contribution in [3.63, 3.8) is 0 Å². The molecule has 0 spiro atoms. The fourth-order valence-electron chi connectivity index (χ4n) is 3.47. The summed E-state index contributed by atoms with van der Waals surface area (Å²) < 4.78 is 16.6. The first-order valence-corrected chi connectivity index (χ1v) is 9.73. The first-order chi connectivity index (χ1) is 13.1. The van der Waals surface area contributed by atoms with Gasteiger partial charge in [0, 0.05) is 38.3 Å². The lowest BCUT2D eigenvalue weighted by atomic mass is 10.1. The van der Waals surface area contributed by atoms with Crippen LogP contribution in [-0.2, 0) is 9.53 Å². The second kappa shape index (κ2) is 9.08. The first kappa shape index (κ1) is 19.5. The normalized spacial score (nSPS) is 19.9. The number of carbonyl (C=O) groups excluding carboxylic acids is 2. The Labute approximate surface area is 160 Å². The number of amides is 2. The Morgan fingerprint density at radius 3 is 2.33 bits per heavy atom. The highest BCUT2D eigenvalue weighted by atomic mass is 16.5. The van der Waals surface area contributed by atoms with Crippen molar-refractivity contribution in [1.29, 1.82) is 0 Å². The topological polar surface area (TPSA) is 68.3 Å². The van der Waals surface area contributed by atoms with Gasteiger partial charge in [-0.1, -0.05) is 0 Å². The minimum atomic E-state index is -0.299. The SMILES string of the molecule is CCOc1ccc(C(=O)N2CCN(C(=O)C3CCCO3)CC2)cc1OCC. The van der Waals surface area contributed by atoms with Gasteiger partial charge >= 0.3 is 0 Å². The molecule has 0 aliphatic carbocycles. The predicted molar refractivity (Wildman–Crippen MR) is 100 cm³/mol. The quantitative estimate of drug-likeness (QED) is 0.759. The van der Waals surface area contributed by atoms with E-state index in [0.717, 1.165) is 12.8 Å². The molecule has 2 heterocycles. The lowest BCUT2D eigenvalue weighted by Crippen LogP contribution is -2.52. The Bertz CT molecular complexity index is 664. The van der Waals surface area contributed by atoms with Crippen molar-refractivity contribution in [2.75, 3.05) is 46.0 Å². The van der Waals surface area contributed by atoms with E-state index in [9.17, 15) is 9.59 Å². The molecule has 148 valence electrons. The summed E-state index contributed by atoms with van der Waals surface area (Å²) in [5.74, 6) is 1.22. The molecule has 2 aliphatic rings. The van der Waals surface area contributed by atoms with Gasteiger partial charge in [0.25, 0.3) is 11.8 Å². The summed E-state index contributed by atoms with van der Waals surface area (Å²) in [7, 11) is 0. The second-order valence-corrected chi connectivity index (χ2v) is 6.65. The zero-order valence-corrected chi connectivity index (χ0v) is 16.1. The lowest BCUT2D eigenvalue weighted by Gasteiger charge is -2.35. The van der Waals surface area contributed by atoms with Crippen LogP contribution in [0.3, 0.4) is 0 Å². The predicted octanol–water partition coefficient (Wildman–Crippen LogP) is 1.95. The van der Waals surface area contributed by atoms with Crippen molar-refractivity contribution in [3.8, 4) is 11.5 Å². The van der Waals surface area contributed by atoms with Gasteiger partial charge in [-0.25, -0.2) is 0 Å². The molecule has 7 heteroatoms. The number of ether oxygens (including phenoxy) is 3. The van der Waals surface area contributed by atoms with Crippen molar-refractivity contribution < 1.29 is 23.8 Å². The molecule has 1 unspecified atom stereocenters. The highest BCUT2D eigenvalue weighted by Crippen LogP contribution is 2.29. The summed E-state index contributed by atoms with van der Waals surface area (Å²) in [5.41, 5.74) is 0.570. The van der Waals surface area contributed by atoms with Crippen molar-refractivity contribution in [1.82, 2.24) is 9.80 Å². The molecule has 7 nitrogen and oxygen atoms in total. The third-order valence-corrected chi connectivity index (χ3v) is 4.87. The summed E-state index contributed by atoms with van der Waals surface area (Å²) in [6, 6.07) is 5.28. The number of benzene rings is 1. The number of hydrogen-bond acceptors (Lipinski definition) is 5. The maximum absolute atomic E-state index is 12.9. The zero-order chi connectivity index (χ0) is 19.2. The van der Waals surface area contributed by atoms with E-state index >= 15 is 0 Å². The van der Waals surface area contributed by atoms with Crippen molar-refractivity contribution >= 4 is 11.8 Å². The van der Waals surface area contributed by atoms with E-state index < -0.39 is 0 Å². The smallest absolute Gasteiger partial charge is 0.254 e. The standard InChI is InChI=1S/C20H28N2O5/c1-3-25-16-8-7-15(14-18(16)26-4-2)19(23)21-9-11-22(12-10-21)20(24)17-6-5-13-27-17/h7-8,14,17H,3-6,9-13H2,1-2H3. The Balaban J connectivity index is 1.61. The summed E-state index contributed by atoms with van der Waals surface area (Å²) in [6.45, 7) is 7.63. The van der Waals surface area contributed by atoms with E-state index in [1.165, 1.54) is 0 Å². The molecule has 0 radical (unpaired) electrons. The monoisotopic (exact) mass is 376 g/mol. The van der Waals surface area contributed by atoms with Crippen LogP contribution in [0.2, 0.25) is 0 Å². The van der Waals surface area contributed by atoms with Gasteiger partial charge < -0.3 is 24.0 Å². The molecule has 2 amide bonds. The van der Waals surface area contributed by atoms with Crippen molar-refractivity contribution in [3.05, 3.63) is 23.8 Å². The highest BCUT2D eigenvalue weighted by Gasteiger charge is 2.31. The second-order valence-electron chi connectivity index (χ2n) is 6.65. The van der Waals surface area contributed by atoms with Gasteiger partial charge in [0.15, 0.2) is 11.5 Å². The Kier molecular flexibility index (Phi) is 6.55. The summed E-state index contributed by atoms with van der Waals surface area (Å²) in [6.07, 6.45) is 1.44. The molecule has 2 aliphatic heterocycles. The Morgan fingerprint density at radius 1 is 1.04 bits per heavy atom. The molecule has 2 saturated heterocycles. The van der Waals surface area contributed by atoms with Crippen LogP contribution in [0.15, 0.2) is 18.2 Å². The maximum atomic E-state index is 12.9. The van der Waals surface area contributed by atoms with Crippen LogP contribution in [0.25, 0.3) is 0 Å². The summed E-state index contributed by atoms with van der Waals surface area (Å²) >= 11 is 0. The third kappa shape index (κ3) is 4.53. The summed E-state index contributed by atoms with van der Waals surface area (Å²) in [5, 5.41) is 0. The number of carbonyl (C=O) groups is 2. The van der Waals surface area contributed by atoms with Crippen molar-refractivity contribution in [2.24, 2.45) is 0 Å². The number of nitrogens with zero attached hydrogens (tertiary/aromatic N) is 2. The fraction of sp³-hybridized carbons (Fsp3) is 0.600. The van der Waals surface area contributed by atoms with Crippen LogP contribution < -0.4 is 9.47 Å². The molecule has 3 rings (SSSR count). The van der Waals surface area contributed by atoms with Gasteiger partial charge in [0.2, 0.25) is 0 Å². The van der Waals surface area contributed by atoms with E-state index in [-0.39, 0.29) is 17.9 Å². The van der Waals surface area contributed by atoms with Gasteiger partial charge in [-0.15, -0.1) is 0 Å². The van der Waals surface area contributed by atoms with Gasteiger partial charge in [0.05, 0.1) is 13.2 Å². The third-order valence-electron chi connectivity index (χ3n) is 4.87. The minimum absolute atomic E-state index is 0.0526. The Morgan fingerprint density at radius 2 is 1.70 bits per heavy atom. The molecule has 1 atom stereocenters. The molecule has 0 bridgehead atoms. The van der Waals surface area contributed by atoms with E-state index in [2.05, 4.69) is 0 Å². The highest BCUT2D eigenvalue weighted by molar-refractivity contribution is 5.95. The average Bonchev–Trinajstić information content (AvgIpc) is 3.23. The van der Waals surface area contributed by atoms with E-state index in [1.807, 2.05) is 18.7 Å². The molecule has 1 aromatic carbocycles. The lowest BCUT2D eigenvalue weighted by molar-refractivity contribution is -0.142. The van der Waals surface area contributed by atoms with Crippen LogP contribution in [-0.4, -0.2) is 73.7 Å². The van der Waals surface area contributed by atoms with Crippen LogP contribution >= 0.6 is 0 Å². The molecule has 0 N–H and O–H groups in total. The van der Waals surface area contributed by atoms with Crippen LogP contribution in [0, 0.1) is 0 Å². The van der Waals surface area contributed by atoms with Crippen molar-refractivity contribution in [2.45, 2.75) is 32.8 Å². The van der Waals surface area contributed by atoms with Gasteiger partial charge in [-0.05, 0) is 44.9 Å². The molecule has 27 heavy (non-hydrogen) atoms. The molecule has 0 saturated carbocycles. The average molecular weight is 376 g/mol. The fourth-order valence-corrected chi connectivity index (χ4v) is 3.47. The van der Waals surface area contributed by atoms with E-state index in [1.54, 1.807) is 23.1 Å². The van der Waals surface area contributed by atoms with Crippen LogP contribution in [0.4, 0.5) is 0 Å². The molecular weight excluding hydrogens is 348 g/mol. The van der Waals surface area contributed by atoms with Gasteiger partial charge in [-0.3, -0.25) is 9.59 Å². The Hall–Kier alpha value is -2.28. The number of rotatable bonds is 6. The van der Waals surface area contributed by atoms with Gasteiger partial charge in [0.1, 0.15) is 6.10 Å². The number of hydrogen-bond donors (Lipinski definition) is 0. The maximum Gasteiger partial charge on any atom is 0.254 e. The van der Waals surface area contributed by atoms with E-state index in [4.69, 9.17) is 14.2 Å². The largest absolute Gasteiger partial charge is 0.490 e. The molecule has 1 aromatic rings. The summed E-state index contributed by atoms with van der Waals surface area (Å²) in [4.78, 5) is 28.9. The minimum Gasteiger partial charge on any atom is -0.490 e. The number of piperazine rings is 1. The van der Waals surface area contributed by atoms with Crippen LogP contribution in [0.1, 0.15) is 37.0 Å². The first-order valence-electron chi connectivity index (χ1n) is 9.73. The zero-order valence-electron chi connectivity index (χ0n) is 16.1. The van der Waals surface area contributed by atoms with E-state index in [0.29, 0.717) is 63.1 Å². The molecule has 0 aromatic heterocycles. The van der Waals surface area contributed by atoms with Crippen LogP contribution in [0.5, 0.6) is 11.5 Å².